The van der Waals surface area contributed by atoms with Crippen LogP contribution in [0.15, 0.2) is 0 Å². The summed E-state index contributed by atoms with van der Waals surface area (Å²) in [7, 11) is 0. The standard InChI is InChI=1S/C8H14FNO/c1-4-8(2,3)10-6-7(11)5-9/h1,7,10-11H,5-6H2,2-3H3. The zero-order valence-corrected chi connectivity index (χ0v) is 6.89. The summed E-state index contributed by atoms with van der Waals surface area (Å²) in [5.41, 5.74) is -0.476. The van der Waals surface area contributed by atoms with E-state index in [-0.39, 0.29) is 6.54 Å². The summed E-state index contributed by atoms with van der Waals surface area (Å²) in [5.74, 6) is 2.48. The van der Waals surface area contributed by atoms with Gasteiger partial charge in [-0.2, -0.15) is 0 Å². The minimum atomic E-state index is -0.956. The van der Waals surface area contributed by atoms with Gasteiger partial charge in [0, 0.05) is 6.54 Å². The lowest BCUT2D eigenvalue weighted by Gasteiger charge is -2.20. The van der Waals surface area contributed by atoms with Crippen molar-refractivity contribution in [3.05, 3.63) is 0 Å². The quantitative estimate of drug-likeness (QED) is 0.579. The van der Waals surface area contributed by atoms with Crippen LogP contribution in [0, 0.1) is 12.3 Å². The maximum Gasteiger partial charge on any atom is 0.117 e. The molecule has 0 rings (SSSR count). The topological polar surface area (TPSA) is 32.3 Å². The van der Waals surface area contributed by atoms with Gasteiger partial charge in [0.1, 0.15) is 6.67 Å². The molecule has 0 saturated carbocycles. The second kappa shape index (κ2) is 4.32. The fraction of sp³-hybridized carbons (Fsp3) is 0.750. The first kappa shape index (κ1) is 10.4. The normalized spacial score (nSPS) is 14.1. The summed E-state index contributed by atoms with van der Waals surface area (Å²) in [6.45, 7) is 3.03. The highest BCUT2D eigenvalue weighted by Gasteiger charge is 2.14. The Kier molecular flexibility index (Phi) is 4.09. The van der Waals surface area contributed by atoms with Crippen LogP contribution < -0.4 is 5.32 Å². The largest absolute Gasteiger partial charge is 0.389 e. The summed E-state index contributed by atoms with van der Waals surface area (Å²) in [4.78, 5) is 0. The van der Waals surface area contributed by atoms with E-state index in [1.54, 1.807) is 13.8 Å². The Bertz CT molecular complexity index is 151. The van der Waals surface area contributed by atoms with Crippen molar-refractivity contribution in [1.82, 2.24) is 5.32 Å². The van der Waals surface area contributed by atoms with Crippen molar-refractivity contribution in [2.45, 2.75) is 25.5 Å². The van der Waals surface area contributed by atoms with Crippen molar-refractivity contribution in [1.29, 1.82) is 0 Å². The number of rotatable bonds is 4. The molecule has 0 amide bonds. The molecule has 2 N–H and O–H groups in total. The zero-order chi connectivity index (χ0) is 8.91. The lowest BCUT2D eigenvalue weighted by atomic mass is 10.1. The number of hydrogen-bond donors (Lipinski definition) is 2. The van der Waals surface area contributed by atoms with Crippen LogP contribution in [0.4, 0.5) is 4.39 Å². The molecule has 1 unspecified atom stereocenters. The van der Waals surface area contributed by atoms with Gasteiger partial charge in [0.2, 0.25) is 0 Å². The Morgan fingerprint density at radius 2 is 2.27 bits per heavy atom. The van der Waals surface area contributed by atoms with Gasteiger partial charge >= 0.3 is 0 Å². The first-order valence-electron chi connectivity index (χ1n) is 3.48. The average Bonchev–Trinajstić information content (AvgIpc) is 2.00. The Labute approximate surface area is 66.8 Å². The highest BCUT2D eigenvalue weighted by atomic mass is 19.1. The van der Waals surface area contributed by atoms with Crippen LogP contribution in [0.1, 0.15) is 13.8 Å². The molecule has 0 radical (unpaired) electrons. The lowest BCUT2D eigenvalue weighted by Crippen LogP contribution is -2.42. The van der Waals surface area contributed by atoms with Gasteiger partial charge in [0.25, 0.3) is 0 Å². The minimum Gasteiger partial charge on any atom is -0.389 e. The van der Waals surface area contributed by atoms with Gasteiger partial charge in [0.05, 0.1) is 11.6 Å². The molecule has 0 heterocycles. The van der Waals surface area contributed by atoms with Gasteiger partial charge in [-0.25, -0.2) is 4.39 Å². The second-order valence-corrected chi connectivity index (χ2v) is 2.96. The number of aliphatic hydroxyl groups is 1. The number of nitrogens with one attached hydrogen (secondary N) is 1. The highest BCUT2D eigenvalue weighted by molar-refractivity contribution is 5.07. The fourth-order valence-electron chi connectivity index (χ4n) is 0.479. The van der Waals surface area contributed by atoms with Gasteiger partial charge in [0.15, 0.2) is 0 Å². The third-order valence-corrected chi connectivity index (χ3v) is 1.32. The molecule has 0 aliphatic rings. The predicted molar refractivity (Wildman–Crippen MR) is 42.9 cm³/mol. The monoisotopic (exact) mass is 159 g/mol. The Balaban J connectivity index is 3.63. The van der Waals surface area contributed by atoms with Crippen molar-refractivity contribution < 1.29 is 9.50 Å². The van der Waals surface area contributed by atoms with E-state index in [0.29, 0.717) is 0 Å². The molecule has 0 bridgehead atoms. The number of alkyl halides is 1. The molecule has 64 valence electrons. The van der Waals surface area contributed by atoms with E-state index in [2.05, 4.69) is 11.2 Å². The van der Waals surface area contributed by atoms with Gasteiger partial charge < -0.3 is 5.11 Å². The third-order valence-electron chi connectivity index (χ3n) is 1.32. The molecule has 3 heteroatoms. The van der Waals surface area contributed by atoms with Crippen molar-refractivity contribution >= 4 is 0 Å². The third kappa shape index (κ3) is 4.77. The Morgan fingerprint density at radius 3 is 2.64 bits per heavy atom. The van der Waals surface area contributed by atoms with Crippen molar-refractivity contribution in [2.24, 2.45) is 0 Å². The molecular weight excluding hydrogens is 145 g/mol. The smallest absolute Gasteiger partial charge is 0.117 e. The molecule has 0 aromatic carbocycles. The van der Waals surface area contributed by atoms with Gasteiger partial charge in [-0.15, -0.1) is 6.42 Å². The van der Waals surface area contributed by atoms with Crippen LogP contribution in [-0.2, 0) is 0 Å². The summed E-state index contributed by atoms with van der Waals surface area (Å²) in [5, 5.41) is 11.6. The minimum absolute atomic E-state index is 0.188. The number of aliphatic hydroxyl groups excluding tert-OH is 1. The summed E-state index contributed by atoms with van der Waals surface area (Å²) >= 11 is 0. The van der Waals surface area contributed by atoms with E-state index in [1.165, 1.54) is 0 Å². The Hall–Kier alpha value is -0.590. The van der Waals surface area contributed by atoms with Crippen LogP contribution in [0.25, 0.3) is 0 Å². The van der Waals surface area contributed by atoms with Gasteiger partial charge in [-0.05, 0) is 13.8 Å². The van der Waals surface area contributed by atoms with Crippen molar-refractivity contribution in [3.8, 4) is 12.3 Å². The van der Waals surface area contributed by atoms with Gasteiger partial charge in [-0.1, -0.05) is 5.92 Å². The zero-order valence-electron chi connectivity index (χ0n) is 6.89. The number of halogens is 1. The van der Waals surface area contributed by atoms with E-state index in [1.807, 2.05) is 0 Å². The summed E-state index contributed by atoms with van der Waals surface area (Å²) in [6.07, 6.45) is 4.19. The first-order chi connectivity index (χ1) is 5.02. The fourth-order valence-corrected chi connectivity index (χ4v) is 0.479. The second-order valence-electron chi connectivity index (χ2n) is 2.96. The average molecular weight is 159 g/mol. The Morgan fingerprint density at radius 1 is 1.73 bits per heavy atom. The summed E-state index contributed by atoms with van der Waals surface area (Å²) < 4.78 is 11.7. The molecular formula is C8H14FNO. The highest BCUT2D eigenvalue weighted by Crippen LogP contribution is 1.98. The maximum atomic E-state index is 11.7. The molecule has 0 saturated heterocycles. The van der Waals surface area contributed by atoms with E-state index in [9.17, 15) is 4.39 Å². The SMILES string of the molecule is C#CC(C)(C)NCC(O)CF. The van der Waals surface area contributed by atoms with E-state index in [4.69, 9.17) is 11.5 Å². The van der Waals surface area contributed by atoms with Crippen molar-refractivity contribution in [3.63, 3.8) is 0 Å². The molecule has 11 heavy (non-hydrogen) atoms. The molecule has 2 nitrogen and oxygen atoms in total. The van der Waals surface area contributed by atoms with E-state index >= 15 is 0 Å². The predicted octanol–water partition coefficient (Wildman–Crippen LogP) is 0.318. The number of terminal acetylenes is 1. The summed E-state index contributed by atoms with van der Waals surface area (Å²) in [6, 6.07) is 0. The molecule has 0 aliphatic carbocycles. The van der Waals surface area contributed by atoms with Crippen molar-refractivity contribution in [2.75, 3.05) is 13.2 Å². The van der Waals surface area contributed by atoms with Gasteiger partial charge in [-0.3, -0.25) is 5.32 Å². The molecule has 0 aliphatic heterocycles. The molecule has 0 fully saturated rings. The molecule has 0 aromatic rings. The van der Waals surface area contributed by atoms with Crippen LogP contribution in [-0.4, -0.2) is 30.0 Å². The maximum absolute atomic E-state index is 11.7. The molecule has 1 atom stereocenters. The van der Waals surface area contributed by atoms with Crippen LogP contribution in [0.2, 0.25) is 0 Å². The molecule has 0 aromatic heterocycles. The van der Waals surface area contributed by atoms with Crippen LogP contribution in [0.5, 0.6) is 0 Å². The van der Waals surface area contributed by atoms with Crippen LogP contribution >= 0.6 is 0 Å². The first-order valence-corrected chi connectivity index (χ1v) is 3.48. The van der Waals surface area contributed by atoms with Crippen LogP contribution in [0.3, 0.4) is 0 Å². The van der Waals surface area contributed by atoms with E-state index in [0.717, 1.165) is 0 Å². The molecule has 0 spiro atoms. The number of hydrogen-bond acceptors (Lipinski definition) is 2. The number of β-amino-alcohol motifs (C(OH)–C–C–N with tert-alkyl or cyclic N) is 1. The van der Waals surface area contributed by atoms with E-state index < -0.39 is 18.3 Å². The lowest BCUT2D eigenvalue weighted by molar-refractivity contribution is 0.132.